The molecule has 2 aromatic carbocycles. The van der Waals surface area contributed by atoms with Gasteiger partial charge in [-0.2, -0.15) is 0 Å². The number of halogens is 1. The summed E-state index contributed by atoms with van der Waals surface area (Å²) in [5.74, 6) is 0.623. The number of hydrogen-bond acceptors (Lipinski definition) is 2. The van der Waals surface area contributed by atoms with Gasteiger partial charge >= 0.3 is 0 Å². The highest BCUT2D eigenvalue weighted by Gasteiger charge is 2.38. The molecule has 1 aliphatic carbocycles. The number of carbonyl (C=O) groups is 1. The first kappa shape index (κ1) is 16.5. The Morgan fingerprint density at radius 1 is 1.07 bits per heavy atom. The number of fused-ring (bicyclic) bond motifs is 3. The average Bonchev–Trinajstić information content (AvgIpc) is 3.39. The molecule has 4 heteroatoms. The third kappa shape index (κ3) is 2.84. The maximum Gasteiger partial charge on any atom is 0.253 e. The summed E-state index contributed by atoms with van der Waals surface area (Å²) in [5.41, 5.74) is 4.18. The molecule has 5 rings (SSSR count). The zero-order valence-electron chi connectivity index (χ0n) is 15.2. The fourth-order valence-corrected chi connectivity index (χ4v) is 4.83. The van der Waals surface area contributed by atoms with Crippen molar-refractivity contribution in [2.24, 2.45) is 5.92 Å². The second kappa shape index (κ2) is 6.52. The highest BCUT2D eigenvalue weighted by Crippen LogP contribution is 2.50. The van der Waals surface area contributed by atoms with Crippen LogP contribution in [0.15, 0.2) is 54.6 Å². The molecule has 2 aliphatic heterocycles. The number of rotatable bonds is 2. The van der Waals surface area contributed by atoms with Gasteiger partial charge in [0.15, 0.2) is 0 Å². The summed E-state index contributed by atoms with van der Waals surface area (Å²) in [7, 11) is 0. The van der Waals surface area contributed by atoms with E-state index in [1.54, 1.807) is 0 Å². The minimum Gasteiger partial charge on any atom is -0.378 e. The minimum atomic E-state index is -0.207. The van der Waals surface area contributed by atoms with E-state index in [9.17, 15) is 9.18 Å². The van der Waals surface area contributed by atoms with Gasteiger partial charge in [-0.05, 0) is 66.6 Å². The number of nitrogens with one attached hydrogen (secondary N) is 1. The average molecular weight is 362 g/mol. The van der Waals surface area contributed by atoms with Crippen molar-refractivity contribution in [1.82, 2.24) is 4.90 Å². The van der Waals surface area contributed by atoms with Gasteiger partial charge in [0.05, 0.1) is 6.04 Å². The summed E-state index contributed by atoms with van der Waals surface area (Å²) >= 11 is 0. The summed E-state index contributed by atoms with van der Waals surface area (Å²) < 4.78 is 13.3. The van der Waals surface area contributed by atoms with Gasteiger partial charge in [0, 0.05) is 30.3 Å². The molecule has 1 N–H and O–H groups in total. The number of benzene rings is 2. The molecule has 0 saturated carbocycles. The van der Waals surface area contributed by atoms with Crippen molar-refractivity contribution in [3.8, 4) is 0 Å². The number of amides is 1. The third-order valence-electron chi connectivity index (χ3n) is 6.23. The summed E-state index contributed by atoms with van der Waals surface area (Å²) in [6, 6.07) is 13.0. The van der Waals surface area contributed by atoms with Crippen molar-refractivity contribution in [3.05, 3.63) is 77.1 Å². The van der Waals surface area contributed by atoms with E-state index in [1.807, 2.05) is 29.2 Å². The lowest BCUT2D eigenvalue weighted by Crippen LogP contribution is -2.30. The molecule has 138 valence electrons. The van der Waals surface area contributed by atoms with Crippen LogP contribution in [-0.4, -0.2) is 23.9 Å². The van der Waals surface area contributed by atoms with E-state index < -0.39 is 0 Å². The molecule has 0 bridgehead atoms. The standard InChI is InChI=1S/C23H23FN2O/c24-17-9-6-15(7-10-17)22-19-5-3-4-18(19)20-14-16(8-11-21(20)25-22)23(27)26-12-1-2-13-26/h3-4,6-11,14,18-19,22,25H,1-2,5,12-13H2. The Balaban J connectivity index is 1.49. The molecule has 0 radical (unpaired) electrons. The SMILES string of the molecule is O=C(c1ccc2c(c1)C1C=CCC1C(c1ccc(F)cc1)N2)N1CCCC1. The van der Waals surface area contributed by atoms with Crippen molar-refractivity contribution in [3.63, 3.8) is 0 Å². The quantitative estimate of drug-likeness (QED) is 0.772. The van der Waals surface area contributed by atoms with E-state index in [-0.39, 0.29) is 17.8 Å². The monoisotopic (exact) mass is 362 g/mol. The highest BCUT2D eigenvalue weighted by molar-refractivity contribution is 5.95. The molecule has 2 heterocycles. The molecule has 3 aliphatic rings. The van der Waals surface area contributed by atoms with Crippen molar-refractivity contribution in [2.75, 3.05) is 18.4 Å². The lowest BCUT2D eigenvalue weighted by molar-refractivity contribution is 0.0792. The molecule has 3 unspecified atom stereocenters. The van der Waals surface area contributed by atoms with Crippen LogP contribution in [0.3, 0.4) is 0 Å². The van der Waals surface area contributed by atoms with Gasteiger partial charge < -0.3 is 10.2 Å². The third-order valence-corrected chi connectivity index (χ3v) is 6.23. The number of allylic oxidation sites excluding steroid dienone is 2. The summed E-state index contributed by atoms with van der Waals surface area (Å²) in [6.07, 6.45) is 7.70. The zero-order chi connectivity index (χ0) is 18.4. The first-order chi connectivity index (χ1) is 13.2. The highest BCUT2D eigenvalue weighted by atomic mass is 19.1. The van der Waals surface area contributed by atoms with Gasteiger partial charge in [0.25, 0.3) is 5.91 Å². The Labute approximate surface area is 158 Å². The molecule has 0 aromatic heterocycles. The first-order valence-corrected chi connectivity index (χ1v) is 9.82. The topological polar surface area (TPSA) is 32.3 Å². The number of anilines is 1. The van der Waals surface area contributed by atoms with Gasteiger partial charge in [0.2, 0.25) is 0 Å². The van der Waals surface area contributed by atoms with Crippen LogP contribution in [0.1, 0.15) is 52.7 Å². The van der Waals surface area contributed by atoms with Crippen molar-refractivity contribution < 1.29 is 9.18 Å². The number of likely N-dealkylation sites (tertiary alicyclic amines) is 1. The summed E-state index contributed by atoms with van der Waals surface area (Å²) in [4.78, 5) is 14.8. The first-order valence-electron chi connectivity index (χ1n) is 9.82. The van der Waals surface area contributed by atoms with Gasteiger partial charge in [-0.15, -0.1) is 0 Å². The minimum absolute atomic E-state index is 0.148. The second-order valence-corrected chi connectivity index (χ2v) is 7.83. The van der Waals surface area contributed by atoms with Crippen LogP contribution in [0.2, 0.25) is 0 Å². The Morgan fingerprint density at radius 2 is 1.85 bits per heavy atom. The molecule has 2 aromatic rings. The van der Waals surface area contributed by atoms with Gasteiger partial charge in [0.1, 0.15) is 5.82 Å². The van der Waals surface area contributed by atoms with Crippen LogP contribution in [0, 0.1) is 11.7 Å². The fourth-order valence-electron chi connectivity index (χ4n) is 4.83. The lowest BCUT2D eigenvalue weighted by Gasteiger charge is -2.37. The normalized spacial score (nSPS) is 25.8. The maximum absolute atomic E-state index is 13.3. The van der Waals surface area contributed by atoms with E-state index in [0.29, 0.717) is 11.8 Å². The predicted octanol–water partition coefficient (Wildman–Crippen LogP) is 4.89. The van der Waals surface area contributed by atoms with Crippen LogP contribution < -0.4 is 5.32 Å². The molecule has 0 spiro atoms. The van der Waals surface area contributed by atoms with Crippen LogP contribution >= 0.6 is 0 Å². The molecular weight excluding hydrogens is 339 g/mol. The van der Waals surface area contributed by atoms with Crippen LogP contribution in [0.25, 0.3) is 0 Å². The molecule has 3 atom stereocenters. The Hall–Kier alpha value is -2.62. The maximum atomic E-state index is 13.3. The predicted molar refractivity (Wildman–Crippen MR) is 104 cm³/mol. The van der Waals surface area contributed by atoms with E-state index in [0.717, 1.165) is 49.2 Å². The Kier molecular flexibility index (Phi) is 4.00. The molecule has 3 nitrogen and oxygen atoms in total. The fraction of sp³-hybridized carbons (Fsp3) is 0.348. The second-order valence-electron chi connectivity index (χ2n) is 7.83. The smallest absolute Gasteiger partial charge is 0.253 e. The van der Waals surface area contributed by atoms with Crippen molar-refractivity contribution >= 4 is 11.6 Å². The lowest BCUT2D eigenvalue weighted by atomic mass is 9.76. The summed E-state index contributed by atoms with van der Waals surface area (Å²) in [5, 5.41) is 3.65. The van der Waals surface area contributed by atoms with E-state index in [1.165, 1.54) is 17.7 Å². The molecule has 1 fully saturated rings. The van der Waals surface area contributed by atoms with Gasteiger partial charge in [-0.1, -0.05) is 24.3 Å². The van der Waals surface area contributed by atoms with Gasteiger partial charge in [-0.25, -0.2) is 4.39 Å². The zero-order valence-corrected chi connectivity index (χ0v) is 15.2. The van der Waals surface area contributed by atoms with Gasteiger partial charge in [-0.3, -0.25) is 4.79 Å². The molecular formula is C23H23FN2O. The molecule has 1 saturated heterocycles. The van der Waals surface area contributed by atoms with Crippen LogP contribution in [0.5, 0.6) is 0 Å². The Morgan fingerprint density at radius 3 is 2.63 bits per heavy atom. The number of hydrogen-bond donors (Lipinski definition) is 1. The largest absolute Gasteiger partial charge is 0.378 e. The van der Waals surface area contributed by atoms with E-state index in [2.05, 4.69) is 23.5 Å². The van der Waals surface area contributed by atoms with Crippen LogP contribution in [0.4, 0.5) is 10.1 Å². The Bertz CT molecular complexity index is 899. The van der Waals surface area contributed by atoms with E-state index in [4.69, 9.17) is 0 Å². The summed E-state index contributed by atoms with van der Waals surface area (Å²) in [6.45, 7) is 1.74. The number of carbonyl (C=O) groups excluding carboxylic acids is 1. The van der Waals surface area contributed by atoms with Crippen molar-refractivity contribution in [1.29, 1.82) is 0 Å². The molecule has 1 amide bonds. The molecule has 27 heavy (non-hydrogen) atoms. The van der Waals surface area contributed by atoms with Crippen molar-refractivity contribution in [2.45, 2.75) is 31.2 Å². The van der Waals surface area contributed by atoms with Crippen LogP contribution in [-0.2, 0) is 0 Å². The number of nitrogens with zero attached hydrogens (tertiary/aromatic N) is 1. The van der Waals surface area contributed by atoms with E-state index >= 15 is 0 Å².